The molecule has 0 radical (unpaired) electrons. The van der Waals surface area contributed by atoms with Crippen molar-refractivity contribution in [1.29, 1.82) is 0 Å². The highest BCUT2D eigenvalue weighted by Gasteiger charge is 2.23. The fourth-order valence-corrected chi connectivity index (χ4v) is 2.98. The molecule has 1 atom stereocenters. The van der Waals surface area contributed by atoms with E-state index in [4.69, 9.17) is 23.2 Å². The van der Waals surface area contributed by atoms with Crippen molar-refractivity contribution < 1.29 is 9.59 Å². The molecule has 1 aliphatic rings. The summed E-state index contributed by atoms with van der Waals surface area (Å²) in [7, 11) is 3.89. The first-order valence-electron chi connectivity index (χ1n) is 9.38. The predicted octanol–water partition coefficient (Wildman–Crippen LogP) is 2.71. The highest BCUT2D eigenvalue weighted by Crippen LogP contribution is 2.22. The Bertz CT molecular complexity index is 822. The van der Waals surface area contributed by atoms with Crippen molar-refractivity contribution in [2.24, 2.45) is 0 Å². The monoisotopic (exact) mass is 436 g/mol. The fraction of sp³-hybridized carbons (Fsp3) is 0.429. The summed E-state index contributed by atoms with van der Waals surface area (Å²) >= 11 is 11.9. The number of benzene rings is 1. The zero-order valence-corrected chi connectivity index (χ0v) is 18.4. The molecule has 0 aromatic heterocycles. The second-order valence-electron chi connectivity index (χ2n) is 7.05. The molecular weight excluding hydrogens is 411 g/mol. The number of halogens is 2. The van der Waals surface area contributed by atoms with Crippen molar-refractivity contribution in [3.8, 4) is 11.8 Å². The van der Waals surface area contributed by atoms with Crippen molar-refractivity contribution in [2.75, 3.05) is 46.8 Å². The van der Waals surface area contributed by atoms with Gasteiger partial charge in [-0.05, 0) is 39.2 Å². The molecule has 29 heavy (non-hydrogen) atoms. The summed E-state index contributed by atoms with van der Waals surface area (Å²) in [6.45, 7) is 4.55. The molecule has 1 aromatic rings. The van der Waals surface area contributed by atoms with Crippen LogP contribution < -0.4 is 5.32 Å². The number of nitrogens with zero attached hydrogens (tertiary/aromatic N) is 3. The third kappa shape index (κ3) is 7.62. The van der Waals surface area contributed by atoms with E-state index in [-0.39, 0.29) is 18.0 Å². The highest BCUT2D eigenvalue weighted by molar-refractivity contribution is 6.42. The number of carbonyl (C=O) groups excluding carboxylic acids is 2. The van der Waals surface area contributed by atoms with E-state index < -0.39 is 0 Å². The summed E-state index contributed by atoms with van der Waals surface area (Å²) in [4.78, 5) is 30.0. The van der Waals surface area contributed by atoms with Gasteiger partial charge < -0.3 is 20.0 Å². The van der Waals surface area contributed by atoms with Gasteiger partial charge in [-0.25, -0.2) is 4.79 Å². The summed E-state index contributed by atoms with van der Waals surface area (Å²) in [5.41, 5.74) is 0.731. The lowest BCUT2D eigenvalue weighted by Gasteiger charge is -2.34. The molecule has 0 bridgehead atoms. The molecule has 2 rings (SSSR count). The molecule has 0 aliphatic carbocycles. The quantitative estimate of drug-likeness (QED) is 0.582. The van der Waals surface area contributed by atoms with E-state index in [1.165, 1.54) is 0 Å². The Kier molecular flexibility index (Phi) is 8.84. The van der Waals surface area contributed by atoms with Crippen LogP contribution in [0.1, 0.15) is 12.5 Å². The zero-order valence-electron chi connectivity index (χ0n) is 16.9. The van der Waals surface area contributed by atoms with Gasteiger partial charge in [-0.1, -0.05) is 41.1 Å². The minimum Gasteiger partial charge on any atom is -0.336 e. The number of piperazine rings is 1. The number of hydrogen-bond donors (Lipinski definition) is 1. The minimum atomic E-state index is -0.328. The van der Waals surface area contributed by atoms with Crippen molar-refractivity contribution in [1.82, 2.24) is 20.0 Å². The number of nitrogens with one attached hydrogen (secondary N) is 1. The van der Waals surface area contributed by atoms with Gasteiger partial charge >= 0.3 is 6.03 Å². The number of rotatable bonds is 4. The summed E-state index contributed by atoms with van der Waals surface area (Å²) in [6.07, 6.45) is 3.44. The van der Waals surface area contributed by atoms with Crippen molar-refractivity contribution in [3.05, 3.63) is 46.0 Å². The lowest BCUT2D eigenvalue weighted by Crippen LogP contribution is -2.54. The van der Waals surface area contributed by atoms with Crippen LogP contribution in [-0.2, 0) is 4.79 Å². The molecule has 1 aliphatic heterocycles. The van der Waals surface area contributed by atoms with E-state index >= 15 is 0 Å². The second kappa shape index (κ2) is 11.1. The second-order valence-corrected chi connectivity index (χ2v) is 7.86. The maximum Gasteiger partial charge on any atom is 0.318 e. The summed E-state index contributed by atoms with van der Waals surface area (Å²) in [6, 6.07) is 4.64. The minimum absolute atomic E-state index is 0.0206. The molecule has 6 nitrogen and oxygen atoms in total. The van der Waals surface area contributed by atoms with E-state index in [1.54, 1.807) is 34.1 Å². The Morgan fingerprint density at radius 1 is 1.17 bits per heavy atom. The largest absolute Gasteiger partial charge is 0.336 e. The average Bonchev–Trinajstić information content (AvgIpc) is 2.68. The first-order valence-corrected chi connectivity index (χ1v) is 10.1. The number of urea groups is 1. The maximum absolute atomic E-state index is 12.4. The van der Waals surface area contributed by atoms with Gasteiger partial charge in [-0.15, -0.1) is 0 Å². The molecule has 1 aromatic carbocycles. The standard InChI is InChI=1S/C21H26Cl2N4O2/c1-16(6-7-17-8-9-18(22)19(23)15-17)24-21(29)27-13-11-26(12-14-27)20(28)5-4-10-25(2)3/h4-5,8-9,15-16H,10-14H2,1-3H3,(H,24,29). The molecule has 1 N–H and O–H groups in total. The van der Waals surface area contributed by atoms with Crippen molar-refractivity contribution >= 4 is 35.1 Å². The van der Waals surface area contributed by atoms with Crippen LogP contribution in [0.4, 0.5) is 4.79 Å². The Morgan fingerprint density at radius 3 is 2.45 bits per heavy atom. The number of carbonyl (C=O) groups is 2. The molecule has 3 amide bonds. The maximum atomic E-state index is 12.4. The van der Waals surface area contributed by atoms with E-state index in [9.17, 15) is 9.59 Å². The normalized spacial score (nSPS) is 15.2. The third-order valence-electron chi connectivity index (χ3n) is 4.30. The van der Waals surface area contributed by atoms with E-state index in [1.807, 2.05) is 32.0 Å². The Morgan fingerprint density at radius 2 is 1.83 bits per heavy atom. The van der Waals surface area contributed by atoms with E-state index in [2.05, 4.69) is 17.2 Å². The molecule has 1 saturated heterocycles. The van der Waals surface area contributed by atoms with Crippen LogP contribution in [-0.4, -0.2) is 79.5 Å². The molecule has 0 saturated carbocycles. The van der Waals surface area contributed by atoms with Gasteiger partial charge in [0.25, 0.3) is 0 Å². The van der Waals surface area contributed by atoms with Gasteiger partial charge in [0, 0.05) is 44.4 Å². The van der Waals surface area contributed by atoms with Gasteiger partial charge in [-0.2, -0.15) is 0 Å². The van der Waals surface area contributed by atoms with Crippen LogP contribution in [0.2, 0.25) is 10.0 Å². The fourth-order valence-electron chi connectivity index (χ4n) is 2.68. The summed E-state index contributed by atoms with van der Waals surface area (Å²) < 4.78 is 0. The average molecular weight is 437 g/mol. The van der Waals surface area contributed by atoms with Crippen LogP contribution in [0.5, 0.6) is 0 Å². The topological polar surface area (TPSA) is 55.9 Å². The number of hydrogen-bond acceptors (Lipinski definition) is 3. The molecule has 1 unspecified atom stereocenters. The number of amides is 3. The van der Waals surface area contributed by atoms with Gasteiger partial charge in [0.1, 0.15) is 0 Å². The molecule has 156 valence electrons. The van der Waals surface area contributed by atoms with Gasteiger partial charge in [-0.3, -0.25) is 4.79 Å². The van der Waals surface area contributed by atoms with Gasteiger partial charge in [0.2, 0.25) is 5.91 Å². The van der Waals surface area contributed by atoms with E-state index in [0.717, 1.165) is 12.1 Å². The molecule has 1 heterocycles. The SMILES string of the molecule is CC(C#Cc1ccc(Cl)c(Cl)c1)NC(=O)N1CCN(C(=O)C=CCN(C)C)CC1. The van der Waals surface area contributed by atoms with Crippen LogP contribution in [0, 0.1) is 11.8 Å². The first-order chi connectivity index (χ1) is 13.8. The Hall–Kier alpha value is -2.20. The van der Waals surface area contributed by atoms with Crippen LogP contribution in [0.15, 0.2) is 30.4 Å². The Balaban J connectivity index is 1.80. The summed E-state index contributed by atoms with van der Waals surface area (Å²) in [5.74, 6) is 5.95. The van der Waals surface area contributed by atoms with Crippen LogP contribution in [0.25, 0.3) is 0 Å². The molecule has 0 spiro atoms. The van der Waals surface area contributed by atoms with Crippen molar-refractivity contribution in [2.45, 2.75) is 13.0 Å². The lowest BCUT2D eigenvalue weighted by molar-refractivity contribution is -0.127. The molecule has 1 fully saturated rings. The smallest absolute Gasteiger partial charge is 0.318 e. The highest BCUT2D eigenvalue weighted by atomic mass is 35.5. The zero-order chi connectivity index (χ0) is 21.4. The molecular formula is C21H26Cl2N4O2. The third-order valence-corrected chi connectivity index (χ3v) is 5.04. The number of likely N-dealkylation sites (N-methyl/N-ethyl adjacent to an activating group) is 1. The van der Waals surface area contributed by atoms with Gasteiger partial charge in [0.15, 0.2) is 0 Å². The van der Waals surface area contributed by atoms with Crippen LogP contribution in [0.3, 0.4) is 0 Å². The predicted molar refractivity (Wildman–Crippen MR) is 117 cm³/mol. The van der Waals surface area contributed by atoms with Crippen molar-refractivity contribution in [3.63, 3.8) is 0 Å². The van der Waals surface area contributed by atoms with E-state index in [0.29, 0.717) is 36.2 Å². The Labute approximate surface area is 182 Å². The first kappa shape index (κ1) is 23.1. The summed E-state index contributed by atoms with van der Waals surface area (Å²) in [5, 5.41) is 3.79. The van der Waals surface area contributed by atoms with Crippen LogP contribution >= 0.6 is 23.2 Å². The molecule has 8 heteroatoms. The van der Waals surface area contributed by atoms with Gasteiger partial charge in [0.05, 0.1) is 16.1 Å². The lowest BCUT2D eigenvalue weighted by atomic mass is 10.2.